The predicted octanol–water partition coefficient (Wildman–Crippen LogP) is 8.74. The van der Waals surface area contributed by atoms with Crippen LogP contribution < -0.4 is 9.78 Å². The van der Waals surface area contributed by atoms with Gasteiger partial charge in [-0.25, -0.2) is 14.6 Å². The Morgan fingerprint density at radius 3 is 1.80 bits per heavy atom. The van der Waals surface area contributed by atoms with Crippen LogP contribution in [-0.4, -0.2) is 37.5 Å². The van der Waals surface area contributed by atoms with Crippen LogP contribution in [0.25, 0.3) is 6.08 Å². The number of allylic oxidation sites excluding steroid dienone is 2. The summed E-state index contributed by atoms with van der Waals surface area (Å²) in [5, 5.41) is 0. The van der Waals surface area contributed by atoms with E-state index in [1.165, 1.54) is 69.2 Å². The highest BCUT2D eigenvalue weighted by Gasteiger charge is 2.15. The van der Waals surface area contributed by atoms with E-state index in [0.717, 1.165) is 38.2 Å². The molecule has 0 amide bonds. The molecule has 0 heterocycles. The second kappa shape index (κ2) is 25.5. The van der Waals surface area contributed by atoms with Crippen LogP contribution in [0.3, 0.4) is 0 Å². The summed E-state index contributed by atoms with van der Waals surface area (Å²) >= 11 is 0. The molecule has 0 atom stereocenters. The molecule has 0 bridgehead atoms. The average molecular weight is 621 g/mol. The molecular formula is C33H48O11. The Bertz CT molecular complexity index is 1030. The Kier molecular flexibility index (Phi) is 22.0. The van der Waals surface area contributed by atoms with Crippen molar-refractivity contribution in [2.24, 2.45) is 0 Å². The highest BCUT2D eigenvalue weighted by atomic mass is 17.3. The fourth-order valence-electron chi connectivity index (χ4n) is 3.91. The van der Waals surface area contributed by atoms with Crippen molar-refractivity contribution in [2.45, 2.75) is 111 Å². The third kappa shape index (κ3) is 20.0. The Hall–Kier alpha value is -4.02. The molecule has 0 unspecified atom stereocenters. The molecule has 11 nitrogen and oxygen atoms in total. The zero-order valence-electron chi connectivity index (χ0n) is 26.3. The summed E-state index contributed by atoms with van der Waals surface area (Å²) in [6.45, 7) is 5.52. The van der Waals surface area contributed by atoms with Crippen LogP contribution in [0.1, 0.15) is 116 Å². The maximum atomic E-state index is 12.1. The first-order valence-corrected chi connectivity index (χ1v) is 15.6. The molecule has 1 rings (SSSR count). The van der Waals surface area contributed by atoms with Gasteiger partial charge in [-0.1, -0.05) is 76.5 Å². The molecule has 0 spiro atoms. The number of hydrogen-bond donors (Lipinski definition) is 0. The number of carbonyl (C=O) groups excluding carboxylic acids is 4. The normalized spacial score (nSPS) is 10.9. The smallest absolute Gasteiger partial charge is 0.432 e. The van der Waals surface area contributed by atoms with Crippen molar-refractivity contribution >= 4 is 30.3 Å². The lowest BCUT2D eigenvalue weighted by atomic mass is 10.1. The van der Waals surface area contributed by atoms with E-state index in [1.807, 2.05) is 0 Å². The number of ether oxygens (including phenoxy) is 3. The first-order valence-electron chi connectivity index (χ1n) is 15.6. The molecule has 44 heavy (non-hydrogen) atoms. The molecule has 0 aliphatic rings. The van der Waals surface area contributed by atoms with Gasteiger partial charge >= 0.3 is 24.2 Å². The lowest BCUT2D eigenvalue weighted by Gasteiger charge is -2.10. The molecule has 1 aromatic carbocycles. The van der Waals surface area contributed by atoms with Crippen molar-refractivity contribution in [3.05, 3.63) is 42.0 Å². The molecule has 0 saturated carbocycles. The summed E-state index contributed by atoms with van der Waals surface area (Å²) in [5.74, 6) is -1.75. The van der Waals surface area contributed by atoms with E-state index in [-0.39, 0.29) is 31.1 Å². The average Bonchev–Trinajstić information content (AvgIpc) is 3.00. The number of unbranched alkanes of at least 4 members (excludes halogenated alkanes) is 11. The Labute approximate surface area is 260 Å². The van der Waals surface area contributed by atoms with E-state index in [4.69, 9.17) is 14.5 Å². The van der Waals surface area contributed by atoms with Gasteiger partial charge in [0.1, 0.15) is 0 Å². The summed E-state index contributed by atoms with van der Waals surface area (Å²) < 4.78 is 14.1. The van der Waals surface area contributed by atoms with Gasteiger partial charge in [0.2, 0.25) is 11.5 Å². The standard InChI is InChI=1S/C33H48O11/c1-4-7-8-9-10-11-12-13-14-15-16-17-18-19-20-21-30(34)40-31(35)25-23-27-22-24-28(41-43-32(36)38-5-2)29(26-27)42-44-33(37)39-6-3/h13-14,22-26H,4-12,15-21H2,1-3H3/b14-13-,25-23+. The lowest BCUT2D eigenvalue weighted by molar-refractivity contribution is -0.188. The van der Waals surface area contributed by atoms with Gasteiger partial charge in [-0.05, 0) is 69.7 Å². The van der Waals surface area contributed by atoms with Gasteiger partial charge in [0.15, 0.2) is 0 Å². The molecule has 0 fully saturated rings. The third-order valence-corrected chi connectivity index (χ3v) is 6.16. The molecule has 0 aliphatic carbocycles. The molecule has 11 heteroatoms. The molecule has 0 radical (unpaired) electrons. The van der Waals surface area contributed by atoms with E-state index >= 15 is 0 Å². The number of benzene rings is 1. The Morgan fingerprint density at radius 2 is 1.20 bits per heavy atom. The highest BCUT2D eigenvalue weighted by molar-refractivity contribution is 5.94. The predicted molar refractivity (Wildman–Crippen MR) is 163 cm³/mol. The summed E-state index contributed by atoms with van der Waals surface area (Å²) in [4.78, 5) is 65.9. The number of hydrogen-bond acceptors (Lipinski definition) is 11. The highest BCUT2D eigenvalue weighted by Crippen LogP contribution is 2.30. The molecule has 0 N–H and O–H groups in total. The summed E-state index contributed by atoms with van der Waals surface area (Å²) in [6.07, 6.45) is 19.9. The molecule has 0 aliphatic heterocycles. The van der Waals surface area contributed by atoms with E-state index in [9.17, 15) is 19.2 Å². The second-order valence-electron chi connectivity index (χ2n) is 9.87. The van der Waals surface area contributed by atoms with Crippen LogP contribution in [0.5, 0.6) is 11.5 Å². The van der Waals surface area contributed by atoms with Crippen LogP contribution in [0.2, 0.25) is 0 Å². The van der Waals surface area contributed by atoms with Gasteiger partial charge in [-0.2, -0.15) is 9.59 Å². The Balaban J connectivity index is 2.37. The van der Waals surface area contributed by atoms with E-state index in [1.54, 1.807) is 13.8 Å². The minimum atomic E-state index is -1.11. The fourth-order valence-corrected chi connectivity index (χ4v) is 3.91. The van der Waals surface area contributed by atoms with Crippen LogP contribution in [0, 0.1) is 0 Å². The van der Waals surface area contributed by atoms with E-state index in [0.29, 0.717) is 12.0 Å². The van der Waals surface area contributed by atoms with Crippen molar-refractivity contribution in [1.82, 2.24) is 0 Å². The minimum absolute atomic E-state index is 0.0540. The van der Waals surface area contributed by atoms with Gasteiger partial charge < -0.3 is 14.2 Å². The Morgan fingerprint density at radius 1 is 0.659 bits per heavy atom. The van der Waals surface area contributed by atoms with Crippen molar-refractivity contribution < 1.29 is 52.9 Å². The topological polar surface area (TPSA) is 133 Å². The summed E-state index contributed by atoms with van der Waals surface area (Å²) in [7, 11) is 0. The monoisotopic (exact) mass is 620 g/mol. The van der Waals surface area contributed by atoms with Crippen LogP contribution in [0.4, 0.5) is 9.59 Å². The second-order valence-corrected chi connectivity index (χ2v) is 9.87. The van der Waals surface area contributed by atoms with Gasteiger partial charge in [-0.3, -0.25) is 14.6 Å². The quantitative estimate of drug-likeness (QED) is 0.0170. The van der Waals surface area contributed by atoms with Crippen molar-refractivity contribution in [1.29, 1.82) is 0 Å². The number of esters is 2. The largest absolute Gasteiger partial charge is 0.549 e. The van der Waals surface area contributed by atoms with Crippen molar-refractivity contribution in [2.75, 3.05) is 13.2 Å². The molecule has 246 valence electrons. The number of rotatable bonds is 23. The van der Waals surface area contributed by atoms with Crippen LogP contribution in [0.15, 0.2) is 36.4 Å². The van der Waals surface area contributed by atoms with E-state index in [2.05, 4.69) is 38.3 Å². The van der Waals surface area contributed by atoms with Gasteiger partial charge in [0.05, 0.1) is 13.2 Å². The summed E-state index contributed by atoms with van der Waals surface area (Å²) in [5.41, 5.74) is 0.387. The van der Waals surface area contributed by atoms with Crippen LogP contribution in [-0.2, 0) is 33.6 Å². The van der Waals surface area contributed by atoms with Gasteiger partial charge in [0, 0.05) is 12.5 Å². The van der Waals surface area contributed by atoms with Crippen molar-refractivity contribution in [3.63, 3.8) is 0 Å². The number of carbonyl (C=O) groups is 4. The molecule has 0 saturated heterocycles. The molecular weight excluding hydrogens is 572 g/mol. The minimum Gasteiger partial charge on any atom is -0.432 e. The third-order valence-electron chi connectivity index (χ3n) is 6.16. The maximum absolute atomic E-state index is 12.1. The van der Waals surface area contributed by atoms with E-state index < -0.39 is 24.2 Å². The zero-order chi connectivity index (χ0) is 32.3. The zero-order valence-corrected chi connectivity index (χ0v) is 26.3. The summed E-state index contributed by atoms with van der Waals surface area (Å²) in [6, 6.07) is 4.13. The maximum Gasteiger partial charge on any atom is 0.549 e. The van der Waals surface area contributed by atoms with Gasteiger partial charge in [0.25, 0.3) is 0 Å². The fraction of sp³-hybridized carbons (Fsp3) is 0.576. The lowest BCUT2D eigenvalue weighted by Crippen LogP contribution is -2.12. The van der Waals surface area contributed by atoms with Crippen molar-refractivity contribution in [3.8, 4) is 11.5 Å². The molecule has 1 aromatic rings. The van der Waals surface area contributed by atoms with Crippen LogP contribution >= 0.6 is 0 Å². The van der Waals surface area contributed by atoms with Gasteiger partial charge in [-0.15, -0.1) is 0 Å². The first kappa shape index (κ1) is 38.0. The SMILES string of the molecule is CCCCCCCC/C=C\CCCCCCCC(=O)OC(=O)/C=C/c1ccc(OOC(=O)OCC)c(OOC(=O)OCC)c1. The molecule has 0 aromatic heterocycles. The first-order chi connectivity index (χ1) is 21.4.